The Labute approximate surface area is 140 Å². The summed E-state index contributed by atoms with van der Waals surface area (Å²) in [6.45, 7) is 2.55. The van der Waals surface area contributed by atoms with Crippen molar-refractivity contribution in [3.05, 3.63) is 41.3 Å². The van der Waals surface area contributed by atoms with Gasteiger partial charge in [0.15, 0.2) is 0 Å². The van der Waals surface area contributed by atoms with Gasteiger partial charge in [0.2, 0.25) is 5.91 Å². The number of amides is 1. The van der Waals surface area contributed by atoms with Gasteiger partial charge in [0, 0.05) is 23.5 Å². The number of piperidine rings is 1. The molecule has 0 spiro atoms. The molecular formula is C16H18N2O3S2. The van der Waals surface area contributed by atoms with Gasteiger partial charge in [-0.05, 0) is 50.1 Å². The number of hydrogen-bond acceptors (Lipinski definition) is 4. The first kappa shape index (κ1) is 16.0. The van der Waals surface area contributed by atoms with Crippen LogP contribution >= 0.6 is 11.3 Å². The van der Waals surface area contributed by atoms with Crippen LogP contribution in [0.1, 0.15) is 24.1 Å². The van der Waals surface area contributed by atoms with E-state index in [0.29, 0.717) is 18.7 Å². The minimum atomic E-state index is -3.59. The molecule has 1 aromatic carbocycles. The van der Waals surface area contributed by atoms with Crippen molar-refractivity contribution in [1.29, 1.82) is 0 Å². The average molecular weight is 350 g/mol. The van der Waals surface area contributed by atoms with E-state index < -0.39 is 10.0 Å². The Morgan fingerprint density at radius 2 is 2.00 bits per heavy atom. The lowest BCUT2D eigenvalue weighted by molar-refractivity contribution is -0.119. The smallest absolute Gasteiger partial charge is 0.271 e. The molecule has 0 saturated carbocycles. The van der Waals surface area contributed by atoms with Crippen LogP contribution in [-0.4, -0.2) is 20.9 Å². The number of carbonyl (C=O) groups excluding carboxylic acids is 1. The van der Waals surface area contributed by atoms with E-state index in [1.165, 1.54) is 11.3 Å². The van der Waals surface area contributed by atoms with Crippen LogP contribution in [0, 0.1) is 6.92 Å². The van der Waals surface area contributed by atoms with Gasteiger partial charge in [-0.25, -0.2) is 8.42 Å². The molecule has 3 rings (SSSR count). The highest BCUT2D eigenvalue weighted by Gasteiger charge is 2.21. The van der Waals surface area contributed by atoms with Crippen LogP contribution in [0.2, 0.25) is 0 Å². The predicted octanol–water partition coefficient (Wildman–Crippen LogP) is 3.37. The average Bonchev–Trinajstić information content (AvgIpc) is 2.95. The lowest BCUT2D eigenvalue weighted by Crippen LogP contribution is -2.35. The molecule has 0 atom stereocenters. The number of nitrogens with zero attached hydrogens (tertiary/aromatic N) is 1. The largest absolute Gasteiger partial charge is 0.312 e. The first-order chi connectivity index (χ1) is 11.0. The number of thiophene rings is 1. The van der Waals surface area contributed by atoms with Crippen LogP contribution in [0.3, 0.4) is 0 Å². The van der Waals surface area contributed by atoms with Crippen LogP contribution in [0.25, 0.3) is 0 Å². The molecule has 2 heterocycles. The van der Waals surface area contributed by atoms with E-state index >= 15 is 0 Å². The second kappa shape index (κ2) is 6.33. The monoisotopic (exact) mass is 350 g/mol. The Balaban J connectivity index is 1.84. The maximum Gasteiger partial charge on any atom is 0.271 e. The Hall–Kier alpha value is -1.86. The van der Waals surface area contributed by atoms with Gasteiger partial charge in [0.25, 0.3) is 10.0 Å². The van der Waals surface area contributed by atoms with E-state index in [9.17, 15) is 13.2 Å². The summed E-state index contributed by atoms with van der Waals surface area (Å²) in [6.07, 6.45) is 2.43. The molecule has 0 radical (unpaired) electrons. The predicted molar refractivity (Wildman–Crippen MR) is 92.5 cm³/mol. The summed E-state index contributed by atoms with van der Waals surface area (Å²) >= 11 is 1.23. The van der Waals surface area contributed by atoms with Crippen molar-refractivity contribution in [3.63, 3.8) is 0 Å². The molecule has 1 aliphatic heterocycles. The molecule has 0 unspecified atom stereocenters. The molecule has 1 aliphatic rings. The van der Waals surface area contributed by atoms with Gasteiger partial charge >= 0.3 is 0 Å². The number of hydrogen-bond donors (Lipinski definition) is 1. The molecule has 7 heteroatoms. The lowest BCUT2D eigenvalue weighted by Gasteiger charge is -2.27. The topological polar surface area (TPSA) is 66.5 Å². The summed E-state index contributed by atoms with van der Waals surface area (Å²) in [6, 6.07) is 10.4. The fourth-order valence-electron chi connectivity index (χ4n) is 2.58. The van der Waals surface area contributed by atoms with E-state index in [1.807, 2.05) is 13.0 Å². The number of aryl methyl sites for hydroxylation is 1. The van der Waals surface area contributed by atoms with Crippen LogP contribution in [0.15, 0.2) is 40.6 Å². The quantitative estimate of drug-likeness (QED) is 0.919. The lowest BCUT2D eigenvalue weighted by atomic mass is 10.1. The van der Waals surface area contributed by atoms with Crippen LogP contribution in [0.5, 0.6) is 0 Å². The maximum absolute atomic E-state index is 12.4. The third-order valence-electron chi connectivity index (χ3n) is 3.71. The second-order valence-corrected chi connectivity index (χ2v) is 8.72. The molecule has 122 valence electrons. The normalized spacial score (nSPS) is 15.7. The zero-order valence-corrected chi connectivity index (χ0v) is 14.4. The molecule has 1 fully saturated rings. The first-order valence-electron chi connectivity index (χ1n) is 7.45. The zero-order chi connectivity index (χ0) is 16.4. The van der Waals surface area contributed by atoms with Gasteiger partial charge in [-0.15, -0.1) is 11.3 Å². The Kier molecular flexibility index (Phi) is 4.41. The number of nitrogens with one attached hydrogen (secondary N) is 1. The number of benzene rings is 1. The summed E-state index contributed by atoms with van der Waals surface area (Å²) in [5.74, 6) is 0.0881. The SMILES string of the molecule is Cc1ccc(S(=O)(=O)Nc2cccc(N3CCCCC3=O)c2)s1. The maximum atomic E-state index is 12.4. The first-order valence-corrected chi connectivity index (χ1v) is 9.75. The Morgan fingerprint density at radius 1 is 1.17 bits per heavy atom. The standard InChI is InChI=1S/C16H18N2O3S2/c1-12-8-9-16(22-12)23(20,21)17-13-5-4-6-14(11-13)18-10-3-2-7-15(18)19/h4-6,8-9,11,17H,2-3,7,10H2,1H3. The van der Waals surface area contributed by atoms with Gasteiger partial charge in [-0.3, -0.25) is 9.52 Å². The minimum absolute atomic E-state index is 0.0881. The van der Waals surface area contributed by atoms with Crippen molar-refractivity contribution < 1.29 is 13.2 Å². The number of sulfonamides is 1. The zero-order valence-electron chi connectivity index (χ0n) is 12.8. The molecular weight excluding hydrogens is 332 g/mol. The van der Waals surface area contributed by atoms with Crippen molar-refractivity contribution in [1.82, 2.24) is 0 Å². The van der Waals surface area contributed by atoms with Gasteiger partial charge < -0.3 is 4.90 Å². The third-order valence-corrected chi connectivity index (χ3v) is 6.59. The van der Waals surface area contributed by atoms with Crippen molar-refractivity contribution in [2.45, 2.75) is 30.4 Å². The highest BCUT2D eigenvalue weighted by Crippen LogP contribution is 2.27. The molecule has 1 saturated heterocycles. The highest BCUT2D eigenvalue weighted by molar-refractivity contribution is 7.94. The van der Waals surface area contributed by atoms with E-state index in [0.717, 1.165) is 23.4 Å². The molecule has 1 N–H and O–H groups in total. The summed E-state index contributed by atoms with van der Waals surface area (Å²) in [5.41, 5.74) is 1.20. The molecule has 1 aromatic heterocycles. The Bertz CT molecular complexity index is 827. The second-order valence-electron chi connectivity index (χ2n) is 5.52. The summed E-state index contributed by atoms with van der Waals surface area (Å²) in [5, 5.41) is 0. The van der Waals surface area contributed by atoms with Gasteiger partial charge in [-0.1, -0.05) is 6.07 Å². The van der Waals surface area contributed by atoms with Crippen molar-refractivity contribution >= 4 is 38.6 Å². The van der Waals surface area contributed by atoms with E-state index in [2.05, 4.69) is 4.72 Å². The fourth-order valence-corrected chi connectivity index (χ4v) is 4.91. The van der Waals surface area contributed by atoms with Gasteiger partial charge in [0.05, 0.1) is 5.69 Å². The molecule has 0 aliphatic carbocycles. The summed E-state index contributed by atoms with van der Waals surface area (Å²) in [4.78, 5) is 14.7. The minimum Gasteiger partial charge on any atom is -0.312 e. The molecule has 2 aromatic rings. The molecule has 5 nitrogen and oxygen atoms in total. The third kappa shape index (κ3) is 3.56. The van der Waals surface area contributed by atoms with Crippen LogP contribution < -0.4 is 9.62 Å². The van der Waals surface area contributed by atoms with Crippen molar-refractivity contribution in [2.24, 2.45) is 0 Å². The van der Waals surface area contributed by atoms with Crippen molar-refractivity contribution in [2.75, 3.05) is 16.2 Å². The summed E-state index contributed by atoms with van der Waals surface area (Å²) < 4.78 is 27.6. The van der Waals surface area contributed by atoms with E-state index in [-0.39, 0.29) is 10.1 Å². The molecule has 23 heavy (non-hydrogen) atoms. The summed E-state index contributed by atoms with van der Waals surface area (Å²) in [7, 11) is -3.59. The van der Waals surface area contributed by atoms with E-state index in [1.54, 1.807) is 35.2 Å². The van der Waals surface area contributed by atoms with Crippen LogP contribution in [0.4, 0.5) is 11.4 Å². The Morgan fingerprint density at radius 3 is 2.70 bits per heavy atom. The van der Waals surface area contributed by atoms with Crippen LogP contribution in [-0.2, 0) is 14.8 Å². The van der Waals surface area contributed by atoms with Gasteiger partial charge in [-0.2, -0.15) is 0 Å². The molecule has 0 bridgehead atoms. The number of carbonyl (C=O) groups is 1. The number of anilines is 2. The van der Waals surface area contributed by atoms with Gasteiger partial charge in [0.1, 0.15) is 4.21 Å². The molecule has 1 amide bonds. The highest BCUT2D eigenvalue weighted by atomic mass is 32.2. The fraction of sp³-hybridized carbons (Fsp3) is 0.312. The van der Waals surface area contributed by atoms with E-state index in [4.69, 9.17) is 0 Å². The number of rotatable bonds is 4. The van der Waals surface area contributed by atoms with Crippen molar-refractivity contribution in [3.8, 4) is 0 Å².